The Bertz CT molecular complexity index is 1100. The van der Waals surface area contributed by atoms with E-state index in [-0.39, 0.29) is 17.0 Å². The number of carbonyl (C=O) groups is 1. The van der Waals surface area contributed by atoms with Gasteiger partial charge in [-0.15, -0.1) is 0 Å². The number of furan rings is 1. The summed E-state index contributed by atoms with van der Waals surface area (Å²) in [5.74, 6) is -0.192. The number of sulfonamides is 1. The van der Waals surface area contributed by atoms with Gasteiger partial charge in [0.15, 0.2) is 0 Å². The van der Waals surface area contributed by atoms with E-state index in [2.05, 4.69) is 5.32 Å². The molecule has 0 fully saturated rings. The molecule has 9 heteroatoms. The highest BCUT2D eigenvalue weighted by atomic mass is 35.5. The van der Waals surface area contributed by atoms with Crippen LogP contribution in [0.3, 0.4) is 0 Å². The van der Waals surface area contributed by atoms with Gasteiger partial charge in [0.1, 0.15) is 11.9 Å². The summed E-state index contributed by atoms with van der Waals surface area (Å²) in [5, 5.41) is 13.0. The van der Waals surface area contributed by atoms with Crippen LogP contribution in [-0.4, -0.2) is 33.0 Å². The molecule has 0 aliphatic heterocycles. The monoisotopic (exact) mass is 434 g/mol. The first-order valence-corrected chi connectivity index (χ1v) is 10.4. The van der Waals surface area contributed by atoms with Gasteiger partial charge < -0.3 is 14.8 Å². The minimum Gasteiger partial charge on any atom is -0.467 e. The molecule has 0 saturated carbocycles. The summed E-state index contributed by atoms with van der Waals surface area (Å²) in [6.45, 7) is -0.0776. The van der Waals surface area contributed by atoms with Gasteiger partial charge in [-0.1, -0.05) is 23.7 Å². The van der Waals surface area contributed by atoms with Crippen molar-refractivity contribution in [3.8, 4) is 0 Å². The molecule has 1 atom stereocenters. The van der Waals surface area contributed by atoms with Gasteiger partial charge in [-0.3, -0.25) is 9.10 Å². The number of carbonyl (C=O) groups excluding carboxylic acids is 1. The van der Waals surface area contributed by atoms with Gasteiger partial charge in [-0.2, -0.15) is 0 Å². The summed E-state index contributed by atoms with van der Waals surface area (Å²) in [7, 11) is -2.49. The van der Waals surface area contributed by atoms with Crippen molar-refractivity contribution in [2.45, 2.75) is 11.0 Å². The smallest absolute Gasteiger partial charge is 0.264 e. The summed E-state index contributed by atoms with van der Waals surface area (Å²) in [4.78, 5) is 12.4. The highest BCUT2D eigenvalue weighted by molar-refractivity contribution is 7.92. The molecule has 0 saturated heterocycles. The second-order valence-corrected chi connectivity index (χ2v) is 8.63. The number of nitrogens with zero attached hydrogens (tertiary/aromatic N) is 1. The molecule has 2 aromatic carbocycles. The summed E-state index contributed by atoms with van der Waals surface area (Å²) in [5.41, 5.74) is 0.547. The lowest BCUT2D eigenvalue weighted by Gasteiger charge is -2.20. The fourth-order valence-electron chi connectivity index (χ4n) is 2.64. The fraction of sp³-hybridized carbons (Fsp3) is 0.150. The maximum Gasteiger partial charge on any atom is 0.264 e. The largest absolute Gasteiger partial charge is 0.467 e. The molecule has 1 amide bonds. The lowest BCUT2D eigenvalue weighted by Crippen LogP contribution is -2.29. The zero-order chi connectivity index (χ0) is 21.0. The highest BCUT2D eigenvalue weighted by Gasteiger charge is 2.23. The van der Waals surface area contributed by atoms with Crippen LogP contribution >= 0.6 is 11.6 Å². The van der Waals surface area contributed by atoms with Crippen molar-refractivity contribution in [2.24, 2.45) is 0 Å². The van der Waals surface area contributed by atoms with Gasteiger partial charge in [-0.05, 0) is 48.5 Å². The van der Waals surface area contributed by atoms with E-state index in [4.69, 9.17) is 16.0 Å². The number of hydrogen-bond acceptors (Lipinski definition) is 5. The number of aliphatic hydroxyl groups excluding tert-OH is 1. The van der Waals surface area contributed by atoms with E-state index >= 15 is 0 Å². The number of hydrogen-bond donors (Lipinski definition) is 2. The molecule has 152 valence electrons. The van der Waals surface area contributed by atoms with E-state index in [1.54, 1.807) is 30.3 Å². The molecule has 1 aromatic heterocycles. The standard InChI is InChI=1S/C20H19ClN2O5S/c1-23(16-7-3-6-15(21)12-16)29(26,27)17-8-2-5-14(11-17)20(25)22-13-18(24)19-9-4-10-28-19/h2-12,18,24H,13H2,1H3,(H,22,25). The van der Waals surface area contributed by atoms with Gasteiger partial charge in [-0.25, -0.2) is 8.42 Å². The molecule has 0 spiro atoms. The number of benzene rings is 2. The van der Waals surface area contributed by atoms with E-state index in [9.17, 15) is 18.3 Å². The van der Waals surface area contributed by atoms with Crippen molar-refractivity contribution in [3.63, 3.8) is 0 Å². The molecule has 0 aliphatic carbocycles. The fourth-order valence-corrected chi connectivity index (χ4v) is 4.06. The van der Waals surface area contributed by atoms with Crippen molar-refractivity contribution < 1.29 is 22.7 Å². The van der Waals surface area contributed by atoms with Gasteiger partial charge in [0.25, 0.3) is 15.9 Å². The molecule has 1 heterocycles. The van der Waals surface area contributed by atoms with Gasteiger partial charge >= 0.3 is 0 Å². The third-order valence-corrected chi connectivity index (χ3v) is 6.27. The maximum atomic E-state index is 12.9. The first-order valence-electron chi connectivity index (χ1n) is 8.63. The Hall–Kier alpha value is -2.81. The number of amides is 1. The third-order valence-electron chi connectivity index (χ3n) is 4.25. The molecule has 3 aromatic rings. The van der Waals surface area contributed by atoms with Crippen LogP contribution in [0, 0.1) is 0 Å². The minimum atomic E-state index is -3.90. The van der Waals surface area contributed by atoms with Crippen LogP contribution in [0.5, 0.6) is 0 Å². The predicted molar refractivity (Wildman–Crippen MR) is 109 cm³/mol. The first-order chi connectivity index (χ1) is 13.8. The number of anilines is 1. The normalized spacial score (nSPS) is 12.4. The van der Waals surface area contributed by atoms with Crippen molar-refractivity contribution in [3.05, 3.63) is 83.3 Å². The summed E-state index contributed by atoms with van der Waals surface area (Å²) >= 11 is 5.95. The van der Waals surface area contributed by atoms with E-state index in [1.165, 1.54) is 43.6 Å². The summed E-state index contributed by atoms with van der Waals surface area (Å²) in [6.07, 6.45) is 0.417. The Balaban J connectivity index is 1.76. The highest BCUT2D eigenvalue weighted by Crippen LogP contribution is 2.25. The molecular formula is C20H19ClN2O5S. The van der Waals surface area contributed by atoms with Crippen LogP contribution in [0.2, 0.25) is 5.02 Å². The van der Waals surface area contributed by atoms with Crippen molar-refractivity contribution in [2.75, 3.05) is 17.9 Å². The van der Waals surface area contributed by atoms with Gasteiger partial charge in [0.05, 0.1) is 23.4 Å². The minimum absolute atomic E-state index is 0.0424. The van der Waals surface area contributed by atoms with E-state index in [0.717, 1.165) is 4.31 Å². The molecular weight excluding hydrogens is 416 g/mol. The van der Waals surface area contributed by atoms with Crippen LogP contribution in [0.1, 0.15) is 22.2 Å². The summed E-state index contributed by atoms with van der Waals surface area (Å²) < 4.78 is 32.1. The Morgan fingerprint density at radius 3 is 2.62 bits per heavy atom. The topological polar surface area (TPSA) is 99.9 Å². The van der Waals surface area contributed by atoms with Gasteiger partial charge in [0, 0.05) is 17.6 Å². The molecule has 3 rings (SSSR count). The van der Waals surface area contributed by atoms with Gasteiger partial charge in [0.2, 0.25) is 0 Å². The number of aliphatic hydroxyl groups is 1. The van der Waals surface area contributed by atoms with Crippen LogP contribution in [0.4, 0.5) is 5.69 Å². The second kappa shape index (κ2) is 8.69. The van der Waals surface area contributed by atoms with E-state index in [0.29, 0.717) is 16.5 Å². The third kappa shape index (κ3) is 4.79. The second-order valence-electron chi connectivity index (χ2n) is 6.22. The predicted octanol–water partition coefficient (Wildman–Crippen LogP) is 3.22. The Morgan fingerprint density at radius 1 is 1.17 bits per heavy atom. The average Bonchev–Trinajstić information content (AvgIpc) is 3.26. The Morgan fingerprint density at radius 2 is 1.93 bits per heavy atom. The molecule has 1 unspecified atom stereocenters. The Kier molecular flexibility index (Phi) is 6.26. The first kappa shape index (κ1) is 20.9. The molecule has 0 radical (unpaired) electrons. The average molecular weight is 435 g/mol. The molecule has 29 heavy (non-hydrogen) atoms. The molecule has 2 N–H and O–H groups in total. The molecule has 0 aliphatic rings. The van der Waals surface area contributed by atoms with Crippen LogP contribution < -0.4 is 9.62 Å². The maximum absolute atomic E-state index is 12.9. The zero-order valence-corrected chi connectivity index (χ0v) is 17.0. The van der Waals surface area contributed by atoms with Crippen molar-refractivity contribution >= 4 is 33.2 Å². The Labute approximate surface area is 173 Å². The molecule has 7 nitrogen and oxygen atoms in total. The lowest BCUT2D eigenvalue weighted by atomic mass is 10.2. The molecule has 0 bridgehead atoms. The SMILES string of the molecule is CN(c1cccc(Cl)c1)S(=O)(=O)c1cccc(C(=O)NCC(O)c2ccco2)c1. The van der Waals surface area contributed by atoms with Crippen molar-refractivity contribution in [1.82, 2.24) is 5.32 Å². The number of nitrogens with one attached hydrogen (secondary N) is 1. The van der Waals surface area contributed by atoms with Crippen LogP contribution in [-0.2, 0) is 10.0 Å². The lowest BCUT2D eigenvalue weighted by molar-refractivity contribution is 0.0901. The van der Waals surface area contributed by atoms with E-state index in [1.807, 2.05) is 0 Å². The van der Waals surface area contributed by atoms with Crippen LogP contribution in [0.15, 0.2) is 76.2 Å². The summed E-state index contributed by atoms with van der Waals surface area (Å²) in [6, 6.07) is 15.3. The zero-order valence-electron chi connectivity index (χ0n) is 15.4. The van der Waals surface area contributed by atoms with Crippen molar-refractivity contribution in [1.29, 1.82) is 0 Å². The number of rotatable bonds is 7. The number of halogens is 1. The quantitative estimate of drug-likeness (QED) is 0.594. The van der Waals surface area contributed by atoms with Crippen LogP contribution in [0.25, 0.3) is 0 Å². The van der Waals surface area contributed by atoms with E-state index < -0.39 is 22.0 Å².